The van der Waals surface area contributed by atoms with E-state index in [9.17, 15) is 5.11 Å². The molecule has 0 unspecified atom stereocenters. The van der Waals surface area contributed by atoms with Crippen molar-refractivity contribution in [3.8, 4) is 0 Å². The zero-order valence-corrected chi connectivity index (χ0v) is 26.1. The van der Waals surface area contributed by atoms with Crippen molar-refractivity contribution in [2.75, 3.05) is 30.3 Å². The molecule has 222 valence electrons. The average molecular weight is 566 g/mol. The van der Waals surface area contributed by atoms with Crippen molar-refractivity contribution in [3.05, 3.63) is 120 Å². The summed E-state index contributed by atoms with van der Waals surface area (Å²) in [6, 6.07) is 32.1. The molecule has 0 bridgehead atoms. The van der Waals surface area contributed by atoms with Gasteiger partial charge in [-0.3, -0.25) is 4.90 Å². The van der Waals surface area contributed by atoms with Gasteiger partial charge in [-0.2, -0.15) is 0 Å². The Morgan fingerprint density at radius 1 is 0.571 bits per heavy atom. The normalized spacial score (nSPS) is 12.4. The van der Waals surface area contributed by atoms with Crippen LogP contribution >= 0.6 is 0 Å². The lowest BCUT2D eigenvalue weighted by atomic mass is 9.85. The first kappa shape index (κ1) is 31.2. The van der Waals surface area contributed by atoms with Crippen molar-refractivity contribution in [3.63, 3.8) is 0 Å². The van der Waals surface area contributed by atoms with E-state index in [0.29, 0.717) is 19.6 Å². The number of hydrogen-bond donors (Lipinski definition) is 3. The molecule has 0 fully saturated rings. The van der Waals surface area contributed by atoms with Gasteiger partial charge in [0.05, 0.1) is 11.4 Å². The number of benzene rings is 2. The Labute approximate surface area is 252 Å². The first-order chi connectivity index (χ1) is 19.9. The summed E-state index contributed by atoms with van der Waals surface area (Å²) in [4.78, 5) is 12.1. The Morgan fingerprint density at radius 3 is 1.36 bits per heavy atom. The lowest BCUT2D eigenvalue weighted by molar-refractivity contribution is 0.0290. The summed E-state index contributed by atoms with van der Waals surface area (Å²) in [5.74, 6) is 1.71. The van der Waals surface area contributed by atoms with Gasteiger partial charge in [0.15, 0.2) is 0 Å². The first-order valence-electron chi connectivity index (χ1n) is 14.9. The van der Waals surface area contributed by atoms with E-state index in [2.05, 4.69) is 57.1 Å². The molecule has 4 aromatic rings. The number of nitrogens with one attached hydrogen (secondary N) is 2. The van der Waals surface area contributed by atoms with E-state index in [1.165, 1.54) is 0 Å². The fraction of sp³-hybridized carbons (Fsp3) is 0.389. The predicted molar refractivity (Wildman–Crippen MR) is 174 cm³/mol. The number of rotatable bonds is 12. The van der Waals surface area contributed by atoms with Crippen LogP contribution in [0.2, 0.25) is 0 Å². The molecule has 4 rings (SSSR count). The molecular weight excluding hydrogens is 518 g/mol. The van der Waals surface area contributed by atoms with Crippen molar-refractivity contribution in [1.82, 2.24) is 14.9 Å². The monoisotopic (exact) mass is 565 g/mol. The van der Waals surface area contributed by atoms with E-state index in [0.717, 1.165) is 47.2 Å². The molecular formula is C36H47N5O. The molecule has 0 aliphatic carbocycles. The van der Waals surface area contributed by atoms with E-state index < -0.39 is 5.60 Å². The summed E-state index contributed by atoms with van der Waals surface area (Å²) in [6.45, 7) is 16.4. The van der Waals surface area contributed by atoms with Crippen molar-refractivity contribution in [2.45, 2.75) is 60.2 Å². The minimum absolute atomic E-state index is 0.142. The van der Waals surface area contributed by atoms with Gasteiger partial charge in [-0.15, -0.1) is 0 Å². The molecule has 3 N–H and O–H groups in total. The van der Waals surface area contributed by atoms with Gasteiger partial charge >= 0.3 is 0 Å². The summed E-state index contributed by atoms with van der Waals surface area (Å²) >= 11 is 0. The molecule has 0 saturated heterocycles. The van der Waals surface area contributed by atoms with Gasteiger partial charge in [0.2, 0.25) is 0 Å². The van der Waals surface area contributed by atoms with Gasteiger partial charge in [0, 0.05) is 32.7 Å². The Morgan fingerprint density at radius 2 is 0.976 bits per heavy atom. The molecule has 0 saturated carbocycles. The van der Waals surface area contributed by atoms with E-state index in [1.807, 2.05) is 97.1 Å². The van der Waals surface area contributed by atoms with Crippen molar-refractivity contribution in [1.29, 1.82) is 0 Å². The van der Waals surface area contributed by atoms with Crippen LogP contribution in [0.3, 0.4) is 0 Å². The Hall–Kier alpha value is -3.74. The van der Waals surface area contributed by atoms with Gasteiger partial charge in [-0.25, -0.2) is 9.97 Å². The minimum atomic E-state index is -1.23. The van der Waals surface area contributed by atoms with E-state index in [-0.39, 0.29) is 10.8 Å². The maximum atomic E-state index is 12.4. The van der Waals surface area contributed by atoms with Gasteiger partial charge < -0.3 is 15.7 Å². The van der Waals surface area contributed by atoms with Gasteiger partial charge in [-0.05, 0) is 46.2 Å². The number of hydrogen-bond acceptors (Lipinski definition) is 6. The number of anilines is 2. The van der Waals surface area contributed by atoms with E-state index in [4.69, 9.17) is 9.97 Å². The van der Waals surface area contributed by atoms with Crippen LogP contribution in [0.4, 0.5) is 11.6 Å². The van der Waals surface area contributed by atoms with Crippen molar-refractivity contribution >= 4 is 11.6 Å². The smallest absolute Gasteiger partial charge is 0.127 e. The van der Waals surface area contributed by atoms with Crippen LogP contribution in [0, 0.1) is 10.8 Å². The highest BCUT2D eigenvalue weighted by Crippen LogP contribution is 2.32. The summed E-state index contributed by atoms with van der Waals surface area (Å²) in [5, 5.41) is 19.4. The van der Waals surface area contributed by atoms with E-state index >= 15 is 0 Å². The standard InChI is InChI=1S/C36H47N5O/c1-34(2,3)25-37-32-21-13-19-30(39-32)23-41(24-31-20-14-22-33(40-31)38-26-35(4,5)6)27-36(42,28-15-9-7-10-16-28)29-17-11-8-12-18-29/h7-22,42H,23-27H2,1-6H3,(H,37,39)(H,38,40). The van der Waals surface area contributed by atoms with Crippen LogP contribution < -0.4 is 10.6 Å². The highest BCUT2D eigenvalue weighted by molar-refractivity contribution is 5.38. The third-order valence-electron chi connectivity index (χ3n) is 6.94. The molecule has 2 aromatic heterocycles. The second kappa shape index (κ2) is 13.5. The van der Waals surface area contributed by atoms with Gasteiger partial charge in [0.1, 0.15) is 17.2 Å². The van der Waals surface area contributed by atoms with Crippen LogP contribution in [0.15, 0.2) is 97.1 Å². The van der Waals surface area contributed by atoms with Crippen molar-refractivity contribution in [2.24, 2.45) is 10.8 Å². The van der Waals surface area contributed by atoms with E-state index in [1.54, 1.807) is 0 Å². The fourth-order valence-corrected chi connectivity index (χ4v) is 4.77. The summed E-state index contributed by atoms with van der Waals surface area (Å²) in [7, 11) is 0. The van der Waals surface area contributed by atoms with Crippen LogP contribution in [-0.4, -0.2) is 39.6 Å². The summed E-state index contributed by atoms with van der Waals surface area (Å²) < 4.78 is 0. The van der Waals surface area contributed by atoms with Crippen LogP contribution in [-0.2, 0) is 18.7 Å². The number of aliphatic hydroxyl groups is 1. The molecule has 0 radical (unpaired) electrons. The number of nitrogens with zero attached hydrogens (tertiary/aromatic N) is 3. The molecule has 42 heavy (non-hydrogen) atoms. The molecule has 0 aliphatic rings. The largest absolute Gasteiger partial charge is 0.379 e. The lowest BCUT2D eigenvalue weighted by Gasteiger charge is -2.35. The summed E-state index contributed by atoms with van der Waals surface area (Å²) in [6.07, 6.45) is 0. The molecule has 2 heterocycles. The second-order valence-electron chi connectivity index (χ2n) is 13.6. The molecule has 6 heteroatoms. The Balaban J connectivity index is 1.66. The Bertz CT molecular complexity index is 1290. The van der Waals surface area contributed by atoms with Crippen LogP contribution in [0.25, 0.3) is 0 Å². The first-order valence-corrected chi connectivity index (χ1v) is 14.9. The van der Waals surface area contributed by atoms with Gasteiger partial charge in [-0.1, -0.05) is 114 Å². The molecule has 0 aliphatic heterocycles. The Kier molecular flexibility index (Phi) is 10.0. The number of pyridine rings is 2. The molecule has 0 amide bonds. The zero-order chi connectivity index (χ0) is 30.2. The molecule has 0 spiro atoms. The van der Waals surface area contributed by atoms with Gasteiger partial charge in [0.25, 0.3) is 0 Å². The minimum Gasteiger partial charge on any atom is -0.379 e. The third kappa shape index (κ3) is 9.40. The highest BCUT2D eigenvalue weighted by atomic mass is 16.3. The maximum absolute atomic E-state index is 12.4. The summed E-state index contributed by atoms with van der Waals surface area (Å²) in [5.41, 5.74) is 2.62. The third-order valence-corrected chi connectivity index (χ3v) is 6.94. The second-order valence-corrected chi connectivity index (χ2v) is 13.6. The lowest BCUT2D eigenvalue weighted by Crippen LogP contribution is -2.41. The predicted octanol–water partition coefficient (Wildman–Crippen LogP) is 7.33. The quantitative estimate of drug-likeness (QED) is 0.167. The average Bonchev–Trinajstić information content (AvgIpc) is 2.95. The maximum Gasteiger partial charge on any atom is 0.127 e. The zero-order valence-electron chi connectivity index (χ0n) is 26.1. The van der Waals surface area contributed by atoms with Crippen molar-refractivity contribution < 1.29 is 5.11 Å². The molecule has 0 atom stereocenters. The fourth-order valence-electron chi connectivity index (χ4n) is 4.77. The topological polar surface area (TPSA) is 73.3 Å². The number of aromatic nitrogens is 2. The van der Waals surface area contributed by atoms with Crippen LogP contribution in [0.1, 0.15) is 64.1 Å². The SMILES string of the molecule is CC(C)(C)CNc1cccc(CN(Cc2cccc(NCC(C)(C)C)n2)CC(O)(c2ccccc2)c2ccccc2)n1. The molecule has 6 nitrogen and oxygen atoms in total. The molecule has 2 aromatic carbocycles. The highest BCUT2D eigenvalue weighted by Gasteiger charge is 2.34. The van der Waals surface area contributed by atoms with Crippen LogP contribution in [0.5, 0.6) is 0 Å².